The molecule has 1 N–H and O–H groups in total. The highest BCUT2D eigenvalue weighted by Gasteiger charge is 2.07. The monoisotopic (exact) mass is 213 g/mol. The third-order valence-electron chi connectivity index (χ3n) is 2.39. The molecule has 0 amide bonds. The fourth-order valence-electron chi connectivity index (χ4n) is 1.56. The van der Waals surface area contributed by atoms with Crippen molar-refractivity contribution in [3.8, 4) is 11.3 Å². The van der Waals surface area contributed by atoms with Gasteiger partial charge in [0.15, 0.2) is 0 Å². The molecule has 1 aromatic heterocycles. The van der Waals surface area contributed by atoms with Crippen LogP contribution in [0, 0.1) is 6.92 Å². The molecule has 0 bridgehead atoms. The molecule has 0 spiro atoms. The van der Waals surface area contributed by atoms with E-state index in [1.54, 1.807) is 6.07 Å². The highest BCUT2D eigenvalue weighted by Crippen LogP contribution is 2.20. The standard InChI is InChI=1S/C13H11NO2/c1-9-5-2-3-6-10(9)11-7-4-8-12(14-11)13(15)16/h2-8H,1H3,(H,15,16). The molecule has 0 unspecified atom stereocenters. The number of hydrogen-bond donors (Lipinski definition) is 1. The number of carboxylic acid groups (broad SMARTS) is 1. The van der Waals surface area contributed by atoms with Crippen LogP contribution in [0.3, 0.4) is 0 Å². The first-order chi connectivity index (χ1) is 7.68. The number of aryl methyl sites for hydroxylation is 1. The van der Waals surface area contributed by atoms with Gasteiger partial charge in [0.25, 0.3) is 0 Å². The van der Waals surface area contributed by atoms with Crippen LogP contribution in [0.4, 0.5) is 0 Å². The Morgan fingerprint density at radius 3 is 2.56 bits per heavy atom. The largest absolute Gasteiger partial charge is 0.477 e. The Hall–Kier alpha value is -2.16. The third-order valence-corrected chi connectivity index (χ3v) is 2.39. The van der Waals surface area contributed by atoms with Gasteiger partial charge in [-0.3, -0.25) is 0 Å². The predicted octanol–water partition coefficient (Wildman–Crippen LogP) is 2.76. The van der Waals surface area contributed by atoms with Gasteiger partial charge in [-0.05, 0) is 24.6 Å². The maximum atomic E-state index is 10.8. The highest BCUT2D eigenvalue weighted by atomic mass is 16.4. The molecular formula is C13H11NO2. The minimum absolute atomic E-state index is 0.0701. The molecule has 16 heavy (non-hydrogen) atoms. The van der Waals surface area contributed by atoms with Crippen molar-refractivity contribution in [3.05, 3.63) is 53.7 Å². The maximum absolute atomic E-state index is 10.8. The average Bonchev–Trinajstić information content (AvgIpc) is 2.30. The van der Waals surface area contributed by atoms with E-state index < -0.39 is 5.97 Å². The number of aromatic nitrogens is 1. The zero-order valence-electron chi connectivity index (χ0n) is 8.84. The number of hydrogen-bond acceptors (Lipinski definition) is 2. The van der Waals surface area contributed by atoms with E-state index in [1.807, 2.05) is 37.3 Å². The molecular weight excluding hydrogens is 202 g/mol. The SMILES string of the molecule is Cc1ccccc1-c1cccc(C(=O)O)n1. The number of carboxylic acids is 1. The molecule has 0 fully saturated rings. The average molecular weight is 213 g/mol. The van der Waals surface area contributed by atoms with Crippen LogP contribution in [-0.2, 0) is 0 Å². The van der Waals surface area contributed by atoms with Crippen molar-refractivity contribution < 1.29 is 9.90 Å². The van der Waals surface area contributed by atoms with E-state index in [1.165, 1.54) is 6.07 Å². The second-order valence-electron chi connectivity index (χ2n) is 3.53. The summed E-state index contributed by atoms with van der Waals surface area (Å²) >= 11 is 0. The Labute approximate surface area is 93.4 Å². The molecule has 0 saturated heterocycles. The van der Waals surface area contributed by atoms with Gasteiger partial charge < -0.3 is 5.11 Å². The Balaban J connectivity index is 2.53. The van der Waals surface area contributed by atoms with Crippen LogP contribution in [0.25, 0.3) is 11.3 Å². The molecule has 1 aromatic carbocycles. The second kappa shape index (κ2) is 4.14. The summed E-state index contributed by atoms with van der Waals surface area (Å²) in [6, 6.07) is 12.8. The summed E-state index contributed by atoms with van der Waals surface area (Å²) in [7, 11) is 0. The van der Waals surface area contributed by atoms with Crippen LogP contribution >= 0.6 is 0 Å². The second-order valence-corrected chi connectivity index (χ2v) is 3.53. The Morgan fingerprint density at radius 2 is 1.88 bits per heavy atom. The predicted molar refractivity (Wildman–Crippen MR) is 61.4 cm³/mol. The van der Waals surface area contributed by atoms with E-state index in [-0.39, 0.29) is 5.69 Å². The zero-order chi connectivity index (χ0) is 11.5. The van der Waals surface area contributed by atoms with Gasteiger partial charge in [0.2, 0.25) is 0 Å². The topological polar surface area (TPSA) is 50.2 Å². The fourth-order valence-corrected chi connectivity index (χ4v) is 1.56. The smallest absolute Gasteiger partial charge is 0.354 e. The van der Waals surface area contributed by atoms with E-state index in [0.717, 1.165) is 11.1 Å². The lowest BCUT2D eigenvalue weighted by molar-refractivity contribution is 0.0690. The zero-order valence-corrected chi connectivity index (χ0v) is 8.84. The minimum atomic E-state index is -1.00. The van der Waals surface area contributed by atoms with Crippen LogP contribution < -0.4 is 0 Å². The van der Waals surface area contributed by atoms with Crippen molar-refractivity contribution >= 4 is 5.97 Å². The molecule has 2 aromatic rings. The number of carbonyl (C=O) groups is 1. The molecule has 1 heterocycles. The van der Waals surface area contributed by atoms with Gasteiger partial charge in [-0.1, -0.05) is 30.3 Å². The van der Waals surface area contributed by atoms with Gasteiger partial charge in [0, 0.05) is 5.56 Å². The maximum Gasteiger partial charge on any atom is 0.354 e. The highest BCUT2D eigenvalue weighted by molar-refractivity contribution is 5.86. The van der Waals surface area contributed by atoms with Crippen LogP contribution in [-0.4, -0.2) is 16.1 Å². The molecule has 0 aliphatic rings. The van der Waals surface area contributed by atoms with Crippen molar-refractivity contribution in [1.82, 2.24) is 4.98 Å². The first-order valence-electron chi connectivity index (χ1n) is 4.95. The molecule has 80 valence electrons. The van der Waals surface area contributed by atoms with Gasteiger partial charge in [0.05, 0.1) is 5.69 Å². The Bertz CT molecular complexity index is 535. The lowest BCUT2D eigenvalue weighted by Gasteiger charge is -2.05. The van der Waals surface area contributed by atoms with E-state index in [2.05, 4.69) is 4.98 Å². The van der Waals surface area contributed by atoms with Crippen LogP contribution in [0.15, 0.2) is 42.5 Å². The molecule has 0 aliphatic carbocycles. The number of benzene rings is 1. The molecule has 2 rings (SSSR count). The normalized spacial score (nSPS) is 10.1. The lowest BCUT2D eigenvalue weighted by atomic mass is 10.1. The molecule has 0 radical (unpaired) electrons. The minimum Gasteiger partial charge on any atom is -0.477 e. The number of aromatic carboxylic acids is 1. The number of pyridine rings is 1. The van der Waals surface area contributed by atoms with Crippen molar-refractivity contribution in [1.29, 1.82) is 0 Å². The summed E-state index contributed by atoms with van der Waals surface area (Å²) < 4.78 is 0. The summed E-state index contributed by atoms with van der Waals surface area (Å²) in [5.74, 6) is -1.00. The van der Waals surface area contributed by atoms with Gasteiger partial charge in [-0.2, -0.15) is 0 Å². The van der Waals surface area contributed by atoms with Crippen LogP contribution in [0.1, 0.15) is 16.1 Å². The fraction of sp³-hybridized carbons (Fsp3) is 0.0769. The Morgan fingerprint density at radius 1 is 1.12 bits per heavy atom. The van der Waals surface area contributed by atoms with Gasteiger partial charge in [-0.15, -0.1) is 0 Å². The summed E-state index contributed by atoms with van der Waals surface area (Å²) in [5.41, 5.74) is 2.81. The summed E-state index contributed by atoms with van der Waals surface area (Å²) in [6.07, 6.45) is 0. The van der Waals surface area contributed by atoms with Crippen molar-refractivity contribution in [3.63, 3.8) is 0 Å². The van der Waals surface area contributed by atoms with Crippen LogP contribution in [0.5, 0.6) is 0 Å². The number of rotatable bonds is 2. The van der Waals surface area contributed by atoms with E-state index in [4.69, 9.17) is 5.11 Å². The van der Waals surface area contributed by atoms with E-state index >= 15 is 0 Å². The molecule has 0 saturated carbocycles. The van der Waals surface area contributed by atoms with Gasteiger partial charge >= 0.3 is 5.97 Å². The van der Waals surface area contributed by atoms with E-state index in [0.29, 0.717) is 5.69 Å². The van der Waals surface area contributed by atoms with Crippen LogP contribution in [0.2, 0.25) is 0 Å². The summed E-state index contributed by atoms with van der Waals surface area (Å²) in [5, 5.41) is 8.86. The van der Waals surface area contributed by atoms with Crippen molar-refractivity contribution in [2.24, 2.45) is 0 Å². The van der Waals surface area contributed by atoms with Crippen molar-refractivity contribution in [2.45, 2.75) is 6.92 Å². The number of nitrogens with zero attached hydrogens (tertiary/aromatic N) is 1. The lowest BCUT2D eigenvalue weighted by Crippen LogP contribution is -2.00. The van der Waals surface area contributed by atoms with Gasteiger partial charge in [0.1, 0.15) is 5.69 Å². The van der Waals surface area contributed by atoms with Crippen molar-refractivity contribution in [2.75, 3.05) is 0 Å². The first-order valence-corrected chi connectivity index (χ1v) is 4.95. The third kappa shape index (κ3) is 1.93. The molecule has 0 atom stereocenters. The summed E-state index contributed by atoms with van der Waals surface area (Å²) in [4.78, 5) is 14.9. The molecule has 3 heteroatoms. The summed E-state index contributed by atoms with van der Waals surface area (Å²) in [6.45, 7) is 1.98. The molecule has 0 aliphatic heterocycles. The first kappa shape index (κ1) is 10.4. The van der Waals surface area contributed by atoms with E-state index in [9.17, 15) is 4.79 Å². The Kier molecular flexibility index (Phi) is 2.68. The van der Waals surface area contributed by atoms with Gasteiger partial charge in [-0.25, -0.2) is 9.78 Å². The quantitative estimate of drug-likeness (QED) is 0.834. The molecule has 3 nitrogen and oxygen atoms in total.